The predicted molar refractivity (Wildman–Crippen MR) is 68.4 cm³/mol. The molecule has 3 unspecified atom stereocenters. The summed E-state index contributed by atoms with van der Waals surface area (Å²) in [4.78, 5) is 0. The van der Waals surface area contributed by atoms with Crippen LogP contribution in [0.1, 0.15) is 25.3 Å². The first-order valence-electron chi connectivity index (χ1n) is 5.39. The Labute approximate surface area is 101 Å². The number of nitriles is 1. The van der Waals surface area contributed by atoms with E-state index in [1.54, 1.807) is 18.7 Å². The summed E-state index contributed by atoms with van der Waals surface area (Å²) in [6.45, 7) is 3.76. The lowest BCUT2D eigenvalue weighted by Gasteiger charge is -2.16. The Bertz CT molecular complexity index is 345. The lowest BCUT2D eigenvalue weighted by atomic mass is 10.0. The topological polar surface area (TPSA) is 44.0 Å². The van der Waals surface area contributed by atoms with Gasteiger partial charge in [-0.15, -0.1) is 0 Å². The first kappa shape index (κ1) is 13.1. The Hall–Kier alpha value is -0.980. The standard InChI is InChI=1S/C13H17NOS/c1-10(15)11(2)16-9-13(8-14)12-6-4-3-5-7-12/h3-7,10-11,13,15H,9H2,1-2H3. The molecule has 0 amide bonds. The molecular formula is C13H17NOS. The minimum atomic E-state index is -0.333. The summed E-state index contributed by atoms with van der Waals surface area (Å²) < 4.78 is 0. The third-order valence-corrected chi connectivity index (χ3v) is 4.01. The molecule has 0 aromatic heterocycles. The smallest absolute Gasteiger partial charge is 0.0803 e. The van der Waals surface area contributed by atoms with Gasteiger partial charge in [0, 0.05) is 11.0 Å². The van der Waals surface area contributed by atoms with Crippen LogP contribution in [0.3, 0.4) is 0 Å². The summed E-state index contributed by atoms with van der Waals surface area (Å²) in [5, 5.41) is 18.6. The first-order chi connectivity index (χ1) is 7.65. The second-order valence-corrected chi connectivity index (χ2v) is 5.28. The molecule has 0 spiro atoms. The van der Waals surface area contributed by atoms with Gasteiger partial charge >= 0.3 is 0 Å². The van der Waals surface area contributed by atoms with Gasteiger partial charge in [0.25, 0.3) is 0 Å². The van der Waals surface area contributed by atoms with Crippen LogP contribution in [0.25, 0.3) is 0 Å². The van der Waals surface area contributed by atoms with E-state index in [1.807, 2.05) is 37.3 Å². The van der Waals surface area contributed by atoms with Crippen molar-refractivity contribution < 1.29 is 5.11 Å². The molecular weight excluding hydrogens is 218 g/mol. The number of rotatable bonds is 5. The van der Waals surface area contributed by atoms with Crippen molar-refractivity contribution in [3.8, 4) is 6.07 Å². The van der Waals surface area contributed by atoms with E-state index >= 15 is 0 Å². The molecule has 0 radical (unpaired) electrons. The van der Waals surface area contributed by atoms with Gasteiger partial charge in [-0.25, -0.2) is 0 Å². The predicted octanol–water partition coefficient (Wildman–Crippen LogP) is 2.80. The molecule has 0 saturated carbocycles. The third kappa shape index (κ3) is 3.88. The lowest BCUT2D eigenvalue weighted by molar-refractivity contribution is 0.196. The summed E-state index contributed by atoms with van der Waals surface area (Å²) in [5.41, 5.74) is 1.05. The van der Waals surface area contributed by atoms with Crippen molar-refractivity contribution in [3.63, 3.8) is 0 Å². The quantitative estimate of drug-likeness (QED) is 0.853. The van der Waals surface area contributed by atoms with Gasteiger partial charge in [-0.05, 0) is 12.5 Å². The Kier molecular flexibility index (Phi) is 5.37. The van der Waals surface area contributed by atoms with Gasteiger partial charge in [0.2, 0.25) is 0 Å². The van der Waals surface area contributed by atoms with Crippen LogP contribution in [0.5, 0.6) is 0 Å². The average molecular weight is 235 g/mol. The highest BCUT2D eigenvalue weighted by Gasteiger charge is 2.15. The van der Waals surface area contributed by atoms with E-state index in [1.165, 1.54) is 0 Å². The van der Waals surface area contributed by atoms with Crippen LogP contribution in [-0.2, 0) is 0 Å². The van der Waals surface area contributed by atoms with Gasteiger partial charge in [0.1, 0.15) is 0 Å². The largest absolute Gasteiger partial charge is 0.392 e. The molecule has 0 aliphatic heterocycles. The van der Waals surface area contributed by atoms with E-state index in [-0.39, 0.29) is 17.3 Å². The minimum absolute atomic E-state index is 0.0904. The molecule has 1 aromatic rings. The molecule has 86 valence electrons. The van der Waals surface area contributed by atoms with Crippen LogP contribution in [0.4, 0.5) is 0 Å². The van der Waals surface area contributed by atoms with Crippen molar-refractivity contribution >= 4 is 11.8 Å². The van der Waals surface area contributed by atoms with E-state index in [0.29, 0.717) is 0 Å². The summed E-state index contributed by atoms with van der Waals surface area (Å²) in [6, 6.07) is 12.1. The van der Waals surface area contributed by atoms with E-state index in [2.05, 4.69) is 6.07 Å². The molecule has 2 nitrogen and oxygen atoms in total. The zero-order valence-electron chi connectivity index (χ0n) is 9.63. The molecule has 0 aliphatic carbocycles. The summed E-state index contributed by atoms with van der Waals surface area (Å²) in [7, 11) is 0. The van der Waals surface area contributed by atoms with Gasteiger partial charge in [-0.2, -0.15) is 17.0 Å². The van der Waals surface area contributed by atoms with Crippen LogP contribution in [0.2, 0.25) is 0 Å². The molecule has 1 rings (SSSR count). The third-order valence-electron chi connectivity index (χ3n) is 2.56. The Balaban J connectivity index is 2.55. The van der Waals surface area contributed by atoms with Crippen molar-refractivity contribution in [2.45, 2.75) is 31.1 Å². The maximum Gasteiger partial charge on any atom is 0.0803 e. The molecule has 0 saturated heterocycles. The Morgan fingerprint density at radius 2 is 1.94 bits per heavy atom. The fraction of sp³-hybridized carbons (Fsp3) is 0.462. The zero-order chi connectivity index (χ0) is 12.0. The van der Waals surface area contributed by atoms with Gasteiger partial charge in [-0.3, -0.25) is 0 Å². The maximum atomic E-state index is 9.37. The Morgan fingerprint density at radius 3 is 2.44 bits per heavy atom. The first-order valence-corrected chi connectivity index (χ1v) is 6.44. The van der Waals surface area contributed by atoms with Gasteiger partial charge in [0.05, 0.1) is 18.1 Å². The van der Waals surface area contributed by atoms with Gasteiger partial charge in [0.15, 0.2) is 0 Å². The van der Waals surface area contributed by atoms with Crippen molar-refractivity contribution in [1.29, 1.82) is 5.26 Å². The number of aliphatic hydroxyl groups is 1. The van der Waals surface area contributed by atoms with E-state index in [9.17, 15) is 5.11 Å². The van der Waals surface area contributed by atoms with E-state index in [4.69, 9.17) is 5.26 Å². The van der Waals surface area contributed by atoms with Crippen molar-refractivity contribution in [3.05, 3.63) is 35.9 Å². The second-order valence-electron chi connectivity index (χ2n) is 3.87. The van der Waals surface area contributed by atoms with E-state index in [0.717, 1.165) is 11.3 Å². The molecule has 3 atom stereocenters. The molecule has 0 aliphatic rings. The van der Waals surface area contributed by atoms with Gasteiger partial charge in [-0.1, -0.05) is 37.3 Å². The van der Waals surface area contributed by atoms with Crippen LogP contribution in [0, 0.1) is 11.3 Å². The minimum Gasteiger partial charge on any atom is -0.392 e. The summed E-state index contributed by atoms with van der Waals surface area (Å²) in [5.74, 6) is 0.638. The van der Waals surface area contributed by atoms with Gasteiger partial charge < -0.3 is 5.11 Å². The number of nitrogens with zero attached hydrogens (tertiary/aromatic N) is 1. The average Bonchev–Trinajstić information content (AvgIpc) is 2.30. The fourth-order valence-electron chi connectivity index (χ4n) is 1.28. The highest BCUT2D eigenvalue weighted by Crippen LogP contribution is 2.24. The van der Waals surface area contributed by atoms with Crippen LogP contribution in [0.15, 0.2) is 30.3 Å². The highest BCUT2D eigenvalue weighted by atomic mass is 32.2. The summed E-state index contributed by atoms with van der Waals surface area (Å²) >= 11 is 1.64. The molecule has 3 heteroatoms. The van der Waals surface area contributed by atoms with Crippen molar-refractivity contribution in [2.75, 3.05) is 5.75 Å². The molecule has 1 N–H and O–H groups in total. The molecule has 1 aromatic carbocycles. The molecule has 0 bridgehead atoms. The Morgan fingerprint density at radius 1 is 1.31 bits per heavy atom. The molecule has 16 heavy (non-hydrogen) atoms. The monoisotopic (exact) mass is 235 g/mol. The number of hydrogen-bond acceptors (Lipinski definition) is 3. The lowest BCUT2D eigenvalue weighted by Crippen LogP contribution is -2.16. The summed E-state index contributed by atoms with van der Waals surface area (Å²) in [6.07, 6.45) is -0.333. The van der Waals surface area contributed by atoms with Crippen molar-refractivity contribution in [1.82, 2.24) is 0 Å². The number of hydrogen-bond donors (Lipinski definition) is 1. The SMILES string of the molecule is CC(O)C(C)SCC(C#N)c1ccccc1. The number of benzene rings is 1. The molecule has 0 heterocycles. The number of aliphatic hydroxyl groups excluding tert-OH is 1. The maximum absolute atomic E-state index is 9.37. The fourth-order valence-corrected chi connectivity index (χ4v) is 2.32. The molecule has 0 fully saturated rings. The van der Waals surface area contributed by atoms with Crippen LogP contribution in [-0.4, -0.2) is 22.2 Å². The normalized spacial score (nSPS) is 16.1. The number of thioether (sulfide) groups is 1. The zero-order valence-corrected chi connectivity index (χ0v) is 10.4. The second kappa shape index (κ2) is 6.57. The van der Waals surface area contributed by atoms with Crippen LogP contribution < -0.4 is 0 Å². The van der Waals surface area contributed by atoms with Crippen LogP contribution >= 0.6 is 11.8 Å². The highest BCUT2D eigenvalue weighted by molar-refractivity contribution is 7.99. The van der Waals surface area contributed by atoms with Crippen molar-refractivity contribution in [2.24, 2.45) is 0 Å². The van der Waals surface area contributed by atoms with E-state index < -0.39 is 0 Å².